The van der Waals surface area contributed by atoms with Gasteiger partial charge in [-0.15, -0.1) is 0 Å². The molecule has 0 unspecified atom stereocenters. The second-order valence-electron chi connectivity index (χ2n) is 4.84. The fourth-order valence-corrected chi connectivity index (χ4v) is 2.21. The second-order valence-corrected chi connectivity index (χ2v) is 5.25. The van der Waals surface area contributed by atoms with E-state index in [1.807, 2.05) is 0 Å². The third-order valence-electron chi connectivity index (χ3n) is 3.14. The number of benzene rings is 2. The maximum atomic E-state index is 13.7. The minimum atomic E-state index is -0.624. The van der Waals surface area contributed by atoms with Crippen molar-refractivity contribution in [3.8, 4) is 0 Å². The largest absolute Gasteiger partial charge is 0.359 e. The van der Waals surface area contributed by atoms with Gasteiger partial charge in [0, 0.05) is 18.2 Å². The monoisotopic (exact) mass is 324 g/mol. The topological polar surface area (TPSA) is 24.1 Å². The minimum Gasteiger partial charge on any atom is -0.359 e. The van der Waals surface area contributed by atoms with E-state index >= 15 is 0 Å². The Morgan fingerprint density at radius 1 is 1.05 bits per heavy atom. The summed E-state index contributed by atoms with van der Waals surface area (Å²) in [4.78, 5) is 0. The molecule has 2 rings (SSSR count). The molecule has 0 aliphatic rings. The first-order chi connectivity index (χ1) is 10.5. The average Bonchev–Trinajstić information content (AvgIpc) is 2.46. The molecule has 2 N–H and O–H groups in total. The van der Waals surface area contributed by atoms with Gasteiger partial charge in [-0.25, -0.2) is 13.2 Å². The van der Waals surface area contributed by atoms with Crippen LogP contribution in [-0.2, 0) is 6.54 Å². The van der Waals surface area contributed by atoms with Gasteiger partial charge in [0.05, 0.1) is 6.04 Å². The molecule has 6 heteroatoms. The van der Waals surface area contributed by atoms with Crippen LogP contribution >= 0.6 is 12.2 Å². The third kappa shape index (κ3) is 4.46. The summed E-state index contributed by atoms with van der Waals surface area (Å²) in [5.74, 6) is -1.54. The summed E-state index contributed by atoms with van der Waals surface area (Å²) in [6.07, 6.45) is 0. The summed E-state index contributed by atoms with van der Waals surface area (Å²) in [6.45, 7) is 2.15. The van der Waals surface area contributed by atoms with Crippen molar-refractivity contribution in [3.05, 3.63) is 71.0 Å². The summed E-state index contributed by atoms with van der Waals surface area (Å²) < 4.78 is 39.3. The minimum absolute atomic E-state index is 0.301. The fourth-order valence-electron chi connectivity index (χ4n) is 1.96. The summed E-state index contributed by atoms with van der Waals surface area (Å²) in [7, 11) is 0. The fraction of sp³-hybridized carbons (Fsp3) is 0.188. The number of thiocarbonyl (C=S) groups is 1. The molecular formula is C16H15F3N2S. The average molecular weight is 324 g/mol. The lowest BCUT2D eigenvalue weighted by molar-refractivity contribution is 0.552. The molecule has 2 aromatic carbocycles. The highest BCUT2D eigenvalue weighted by atomic mass is 32.1. The molecule has 0 aromatic heterocycles. The third-order valence-corrected chi connectivity index (χ3v) is 3.41. The SMILES string of the molecule is C[C@H](NC(=S)NCc1ccc(F)cc1)c1ccc(F)cc1F. The molecule has 2 nitrogen and oxygen atoms in total. The molecule has 0 spiro atoms. The van der Waals surface area contributed by atoms with Gasteiger partial charge in [0.2, 0.25) is 0 Å². The molecule has 1 atom stereocenters. The summed E-state index contributed by atoms with van der Waals surface area (Å²) in [6, 6.07) is 9.03. The summed E-state index contributed by atoms with van der Waals surface area (Å²) in [5, 5.41) is 6.21. The van der Waals surface area contributed by atoms with Crippen LogP contribution in [0.4, 0.5) is 13.2 Å². The lowest BCUT2D eigenvalue weighted by Crippen LogP contribution is -2.36. The van der Waals surface area contributed by atoms with E-state index in [0.717, 1.165) is 11.6 Å². The smallest absolute Gasteiger partial charge is 0.167 e. The molecule has 22 heavy (non-hydrogen) atoms. The van der Waals surface area contributed by atoms with Crippen molar-refractivity contribution in [1.82, 2.24) is 10.6 Å². The van der Waals surface area contributed by atoms with Crippen LogP contribution in [0.5, 0.6) is 0 Å². The Kier molecular flexibility index (Phi) is 5.38. The van der Waals surface area contributed by atoms with Crippen molar-refractivity contribution in [2.24, 2.45) is 0 Å². The van der Waals surface area contributed by atoms with Crippen molar-refractivity contribution in [3.63, 3.8) is 0 Å². The molecule has 0 aliphatic carbocycles. The van der Waals surface area contributed by atoms with Crippen LogP contribution in [-0.4, -0.2) is 5.11 Å². The van der Waals surface area contributed by atoms with Crippen LogP contribution in [0, 0.1) is 17.5 Å². The molecule has 0 amide bonds. The van der Waals surface area contributed by atoms with Gasteiger partial charge in [0.25, 0.3) is 0 Å². The van der Waals surface area contributed by atoms with E-state index in [1.54, 1.807) is 19.1 Å². The van der Waals surface area contributed by atoms with Crippen LogP contribution < -0.4 is 10.6 Å². The first-order valence-corrected chi connectivity index (χ1v) is 7.10. The normalized spacial score (nSPS) is 11.8. The van der Waals surface area contributed by atoms with Crippen molar-refractivity contribution in [1.29, 1.82) is 0 Å². The lowest BCUT2D eigenvalue weighted by Gasteiger charge is -2.18. The van der Waals surface area contributed by atoms with E-state index in [0.29, 0.717) is 17.2 Å². The van der Waals surface area contributed by atoms with Gasteiger partial charge in [-0.3, -0.25) is 0 Å². The van der Waals surface area contributed by atoms with Crippen LogP contribution in [0.3, 0.4) is 0 Å². The van der Waals surface area contributed by atoms with Gasteiger partial charge in [0.15, 0.2) is 5.11 Å². The summed E-state index contributed by atoms with van der Waals surface area (Å²) >= 11 is 5.13. The highest BCUT2D eigenvalue weighted by Gasteiger charge is 2.12. The maximum Gasteiger partial charge on any atom is 0.167 e. The van der Waals surface area contributed by atoms with Gasteiger partial charge in [-0.2, -0.15) is 0 Å². The Labute approximate surface area is 132 Å². The second kappa shape index (κ2) is 7.26. The van der Waals surface area contributed by atoms with Crippen LogP contribution in [0.15, 0.2) is 42.5 Å². The van der Waals surface area contributed by atoms with Gasteiger partial charge in [0.1, 0.15) is 17.5 Å². The number of rotatable bonds is 4. The van der Waals surface area contributed by atoms with E-state index in [9.17, 15) is 13.2 Å². The Bertz CT molecular complexity index is 659. The highest BCUT2D eigenvalue weighted by molar-refractivity contribution is 7.80. The predicted molar refractivity (Wildman–Crippen MR) is 83.7 cm³/mol. The van der Waals surface area contributed by atoms with E-state index in [4.69, 9.17) is 12.2 Å². The lowest BCUT2D eigenvalue weighted by atomic mass is 10.1. The molecule has 0 fully saturated rings. The quantitative estimate of drug-likeness (QED) is 0.836. The van der Waals surface area contributed by atoms with Crippen molar-refractivity contribution in [2.45, 2.75) is 19.5 Å². The zero-order valence-electron chi connectivity index (χ0n) is 11.9. The number of nitrogens with one attached hydrogen (secondary N) is 2. The Hall–Kier alpha value is -2.08. The van der Waals surface area contributed by atoms with Crippen molar-refractivity contribution < 1.29 is 13.2 Å². The van der Waals surface area contributed by atoms with E-state index in [2.05, 4.69) is 10.6 Å². The van der Waals surface area contributed by atoms with E-state index < -0.39 is 17.7 Å². The van der Waals surface area contributed by atoms with Gasteiger partial charge in [-0.05, 0) is 42.9 Å². The zero-order valence-corrected chi connectivity index (χ0v) is 12.7. The molecule has 0 saturated heterocycles. The molecule has 116 valence electrons. The first kappa shape index (κ1) is 16.3. The Morgan fingerprint density at radius 3 is 2.32 bits per heavy atom. The Morgan fingerprint density at radius 2 is 1.68 bits per heavy atom. The van der Waals surface area contributed by atoms with Gasteiger partial charge in [-0.1, -0.05) is 18.2 Å². The number of halogens is 3. The standard InChI is InChI=1S/C16H15F3N2S/c1-10(14-7-6-13(18)8-15(14)19)21-16(22)20-9-11-2-4-12(17)5-3-11/h2-8,10H,9H2,1H3,(H2,20,21,22)/t10-/m0/s1. The van der Waals surface area contributed by atoms with Crippen molar-refractivity contribution in [2.75, 3.05) is 0 Å². The molecule has 0 aliphatic heterocycles. The zero-order chi connectivity index (χ0) is 16.1. The summed E-state index contributed by atoms with van der Waals surface area (Å²) in [5.41, 5.74) is 1.19. The first-order valence-electron chi connectivity index (χ1n) is 6.69. The molecule has 2 aromatic rings. The number of hydrogen-bond donors (Lipinski definition) is 2. The molecule has 0 saturated carbocycles. The van der Waals surface area contributed by atoms with E-state index in [1.165, 1.54) is 24.3 Å². The molecule has 0 bridgehead atoms. The molecule has 0 radical (unpaired) electrons. The van der Waals surface area contributed by atoms with Gasteiger partial charge >= 0.3 is 0 Å². The number of hydrogen-bond acceptors (Lipinski definition) is 1. The maximum absolute atomic E-state index is 13.7. The van der Waals surface area contributed by atoms with Crippen molar-refractivity contribution >= 4 is 17.3 Å². The Balaban J connectivity index is 1.89. The predicted octanol–water partition coefficient (Wildman–Crippen LogP) is 3.83. The van der Waals surface area contributed by atoms with Gasteiger partial charge < -0.3 is 10.6 Å². The molecule has 0 heterocycles. The molecular weight excluding hydrogens is 309 g/mol. The van der Waals surface area contributed by atoms with Crippen LogP contribution in [0.25, 0.3) is 0 Å². The highest BCUT2D eigenvalue weighted by Crippen LogP contribution is 2.17. The van der Waals surface area contributed by atoms with Crippen LogP contribution in [0.2, 0.25) is 0 Å². The van der Waals surface area contributed by atoms with Crippen LogP contribution in [0.1, 0.15) is 24.1 Å². The van der Waals surface area contributed by atoms with E-state index in [-0.39, 0.29) is 5.82 Å².